The molecule has 2 aromatic carbocycles. The van der Waals surface area contributed by atoms with Crippen molar-refractivity contribution < 1.29 is 5.11 Å². The van der Waals surface area contributed by atoms with Gasteiger partial charge in [-0.3, -0.25) is 5.10 Å². The van der Waals surface area contributed by atoms with E-state index in [0.717, 1.165) is 22.2 Å². The lowest BCUT2D eigenvalue weighted by molar-refractivity contribution is 0.469. The van der Waals surface area contributed by atoms with Crippen LogP contribution in [0.15, 0.2) is 42.6 Å². The van der Waals surface area contributed by atoms with Gasteiger partial charge in [0.25, 0.3) is 0 Å². The Morgan fingerprint density at radius 1 is 1.21 bits per heavy atom. The van der Waals surface area contributed by atoms with Crippen LogP contribution in [0.4, 0.5) is 5.69 Å². The highest BCUT2D eigenvalue weighted by Crippen LogP contribution is 2.23. The molecule has 0 aliphatic rings. The predicted molar refractivity (Wildman–Crippen MR) is 76.5 cm³/mol. The third-order valence-electron chi connectivity index (χ3n) is 2.97. The number of hydrogen-bond donors (Lipinski definition) is 3. The first-order valence-corrected chi connectivity index (χ1v) is 6.24. The Morgan fingerprint density at radius 2 is 2.11 bits per heavy atom. The summed E-state index contributed by atoms with van der Waals surface area (Å²) in [5.41, 5.74) is 2.69. The fourth-order valence-electron chi connectivity index (χ4n) is 1.94. The minimum absolute atomic E-state index is 0.236. The van der Waals surface area contributed by atoms with Crippen LogP contribution < -0.4 is 5.32 Å². The number of fused-ring (bicyclic) bond motifs is 1. The molecule has 0 saturated carbocycles. The van der Waals surface area contributed by atoms with E-state index in [1.165, 1.54) is 0 Å². The van der Waals surface area contributed by atoms with Gasteiger partial charge in [-0.05, 0) is 36.4 Å². The van der Waals surface area contributed by atoms with Gasteiger partial charge in [-0.15, -0.1) is 0 Å². The number of hydrogen-bond acceptors (Lipinski definition) is 3. The van der Waals surface area contributed by atoms with Crippen molar-refractivity contribution in [1.29, 1.82) is 0 Å². The van der Waals surface area contributed by atoms with Crippen molar-refractivity contribution >= 4 is 28.2 Å². The molecule has 96 valence electrons. The number of aromatic hydroxyl groups is 1. The van der Waals surface area contributed by atoms with Crippen molar-refractivity contribution in [2.75, 3.05) is 5.32 Å². The molecule has 0 amide bonds. The highest BCUT2D eigenvalue weighted by atomic mass is 35.5. The molecule has 3 aromatic rings. The van der Waals surface area contributed by atoms with E-state index in [1.807, 2.05) is 18.2 Å². The van der Waals surface area contributed by atoms with Gasteiger partial charge >= 0.3 is 0 Å². The second kappa shape index (κ2) is 4.82. The van der Waals surface area contributed by atoms with Gasteiger partial charge in [0.2, 0.25) is 0 Å². The van der Waals surface area contributed by atoms with E-state index in [4.69, 9.17) is 11.6 Å². The summed E-state index contributed by atoms with van der Waals surface area (Å²) in [6.07, 6.45) is 1.78. The van der Waals surface area contributed by atoms with Crippen molar-refractivity contribution in [1.82, 2.24) is 10.2 Å². The van der Waals surface area contributed by atoms with Crippen LogP contribution in [0, 0.1) is 0 Å². The Kier molecular flexibility index (Phi) is 3.01. The molecular weight excluding hydrogens is 262 g/mol. The molecule has 0 atom stereocenters. The number of phenols is 1. The lowest BCUT2D eigenvalue weighted by atomic mass is 10.2. The molecule has 4 nitrogen and oxygen atoms in total. The Hall–Kier alpha value is -2.20. The number of aromatic nitrogens is 2. The molecular formula is C14H12ClN3O. The average molecular weight is 274 g/mol. The largest absolute Gasteiger partial charge is 0.508 e. The van der Waals surface area contributed by atoms with Crippen LogP contribution in [0.25, 0.3) is 10.9 Å². The summed E-state index contributed by atoms with van der Waals surface area (Å²) in [4.78, 5) is 0. The fourth-order valence-corrected chi connectivity index (χ4v) is 2.13. The van der Waals surface area contributed by atoms with Gasteiger partial charge in [-0.25, -0.2) is 0 Å². The van der Waals surface area contributed by atoms with Gasteiger partial charge in [-0.2, -0.15) is 5.10 Å². The first-order chi connectivity index (χ1) is 9.22. The predicted octanol–water partition coefficient (Wildman–Crippen LogP) is 3.53. The molecule has 0 unspecified atom stereocenters. The van der Waals surface area contributed by atoms with E-state index in [0.29, 0.717) is 11.6 Å². The van der Waals surface area contributed by atoms with Crippen LogP contribution >= 0.6 is 11.6 Å². The third kappa shape index (κ3) is 2.48. The van der Waals surface area contributed by atoms with E-state index in [9.17, 15) is 5.11 Å². The van der Waals surface area contributed by atoms with Crippen molar-refractivity contribution in [2.24, 2.45) is 0 Å². The van der Waals surface area contributed by atoms with Crippen LogP contribution in [0.5, 0.6) is 5.75 Å². The molecule has 1 aromatic heterocycles. The number of halogens is 1. The maximum absolute atomic E-state index is 9.74. The first kappa shape index (κ1) is 11.9. The molecule has 0 spiro atoms. The maximum Gasteiger partial charge on any atom is 0.120 e. The number of phenolic OH excluding ortho intramolecular Hbond substituents is 1. The number of nitrogens with one attached hydrogen (secondary N) is 2. The second-order valence-electron chi connectivity index (χ2n) is 4.30. The van der Waals surface area contributed by atoms with Gasteiger partial charge in [0.1, 0.15) is 5.75 Å². The average Bonchev–Trinajstić information content (AvgIpc) is 2.87. The SMILES string of the molecule is Oc1ccc(Cl)cc1CNc1ccc2cn[nH]c2c1. The van der Waals surface area contributed by atoms with Crippen molar-refractivity contribution in [2.45, 2.75) is 6.54 Å². The number of nitrogens with zero attached hydrogens (tertiary/aromatic N) is 1. The highest BCUT2D eigenvalue weighted by molar-refractivity contribution is 6.30. The summed E-state index contributed by atoms with van der Waals surface area (Å²) in [6.45, 7) is 0.506. The molecule has 3 N–H and O–H groups in total. The number of benzene rings is 2. The summed E-state index contributed by atoms with van der Waals surface area (Å²) >= 11 is 5.91. The van der Waals surface area contributed by atoms with E-state index in [2.05, 4.69) is 15.5 Å². The van der Waals surface area contributed by atoms with Gasteiger partial charge in [-0.1, -0.05) is 11.6 Å². The standard InChI is InChI=1S/C14H12ClN3O/c15-11-2-4-14(19)10(5-11)7-16-12-3-1-9-8-17-18-13(9)6-12/h1-6,8,16,19H,7H2,(H,17,18). The Balaban J connectivity index is 1.79. The lowest BCUT2D eigenvalue weighted by Gasteiger charge is -2.08. The molecule has 0 fully saturated rings. The Morgan fingerprint density at radius 3 is 3.00 bits per heavy atom. The van der Waals surface area contributed by atoms with E-state index in [-0.39, 0.29) is 5.75 Å². The van der Waals surface area contributed by atoms with E-state index >= 15 is 0 Å². The zero-order chi connectivity index (χ0) is 13.2. The van der Waals surface area contributed by atoms with Crippen LogP contribution in [-0.4, -0.2) is 15.3 Å². The van der Waals surface area contributed by atoms with Gasteiger partial charge in [0.05, 0.1) is 11.7 Å². The molecule has 0 aliphatic carbocycles. The topological polar surface area (TPSA) is 60.9 Å². The number of anilines is 1. The van der Waals surface area contributed by atoms with Crippen molar-refractivity contribution in [3.05, 3.63) is 53.2 Å². The Labute approximate surface area is 115 Å². The zero-order valence-corrected chi connectivity index (χ0v) is 10.8. The summed E-state index contributed by atoms with van der Waals surface area (Å²) in [7, 11) is 0. The molecule has 0 aliphatic heterocycles. The number of H-pyrrole nitrogens is 1. The zero-order valence-electron chi connectivity index (χ0n) is 10.0. The molecule has 0 bridgehead atoms. The Bertz CT molecular complexity index is 724. The normalized spacial score (nSPS) is 10.8. The van der Waals surface area contributed by atoms with Crippen LogP contribution in [0.1, 0.15) is 5.56 Å². The number of aromatic amines is 1. The molecule has 0 saturated heterocycles. The summed E-state index contributed by atoms with van der Waals surface area (Å²) in [5, 5.41) is 21.6. The number of rotatable bonds is 3. The van der Waals surface area contributed by atoms with Gasteiger partial charge in [0.15, 0.2) is 0 Å². The lowest BCUT2D eigenvalue weighted by Crippen LogP contribution is -1.99. The van der Waals surface area contributed by atoms with Gasteiger partial charge < -0.3 is 10.4 Å². The van der Waals surface area contributed by atoms with Crippen LogP contribution in [-0.2, 0) is 6.54 Å². The maximum atomic E-state index is 9.74. The fraction of sp³-hybridized carbons (Fsp3) is 0.0714. The minimum Gasteiger partial charge on any atom is -0.508 e. The highest BCUT2D eigenvalue weighted by Gasteiger charge is 2.03. The summed E-state index contributed by atoms with van der Waals surface area (Å²) in [5.74, 6) is 0.236. The summed E-state index contributed by atoms with van der Waals surface area (Å²) < 4.78 is 0. The molecule has 0 radical (unpaired) electrons. The molecule has 3 rings (SSSR count). The minimum atomic E-state index is 0.236. The molecule has 1 heterocycles. The van der Waals surface area contributed by atoms with Crippen molar-refractivity contribution in [3.8, 4) is 5.75 Å². The monoisotopic (exact) mass is 273 g/mol. The third-order valence-corrected chi connectivity index (χ3v) is 3.20. The summed E-state index contributed by atoms with van der Waals surface area (Å²) in [6, 6.07) is 10.9. The molecule has 19 heavy (non-hydrogen) atoms. The smallest absolute Gasteiger partial charge is 0.120 e. The van der Waals surface area contributed by atoms with E-state index < -0.39 is 0 Å². The van der Waals surface area contributed by atoms with E-state index in [1.54, 1.807) is 24.4 Å². The van der Waals surface area contributed by atoms with Crippen molar-refractivity contribution in [3.63, 3.8) is 0 Å². The first-order valence-electron chi connectivity index (χ1n) is 5.87. The molecule has 5 heteroatoms. The van der Waals surface area contributed by atoms with Gasteiger partial charge in [0, 0.05) is 28.2 Å². The second-order valence-corrected chi connectivity index (χ2v) is 4.74. The van der Waals surface area contributed by atoms with Crippen LogP contribution in [0.3, 0.4) is 0 Å². The quantitative estimate of drug-likeness (QED) is 0.684. The van der Waals surface area contributed by atoms with Crippen LogP contribution in [0.2, 0.25) is 5.02 Å².